The summed E-state index contributed by atoms with van der Waals surface area (Å²) in [5.74, 6) is 0.422. The van der Waals surface area contributed by atoms with E-state index in [1.807, 2.05) is 12.1 Å². The van der Waals surface area contributed by atoms with Gasteiger partial charge in [0.1, 0.15) is 17.2 Å². The molecule has 7 nitrogen and oxygen atoms in total. The Morgan fingerprint density at radius 2 is 1.50 bits per heavy atom. The molecule has 0 bridgehead atoms. The minimum atomic E-state index is -1.36. The molecule has 7 heteroatoms. The molecular formula is C23H30O7. The number of fused-ring (bicyclic) bond motifs is 1. The van der Waals surface area contributed by atoms with E-state index < -0.39 is 17.4 Å². The van der Waals surface area contributed by atoms with Gasteiger partial charge >= 0.3 is 11.9 Å². The molecule has 3 rings (SSSR count). The molecule has 2 aliphatic carbocycles. The first-order valence-electron chi connectivity index (χ1n) is 10.0. The summed E-state index contributed by atoms with van der Waals surface area (Å²) < 4.78 is 26.9. The average molecular weight is 418 g/mol. The first-order chi connectivity index (χ1) is 14.4. The van der Waals surface area contributed by atoms with Gasteiger partial charge in [-0.15, -0.1) is 0 Å². The number of carbonyl (C=O) groups excluding carboxylic acids is 2. The highest BCUT2D eigenvalue weighted by atomic mass is 16.5. The van der Waals surface area contributed by atoms with Crippen LogP contribution in [-0.4, -0.2) is 47.5 Å². The number of methoxy groups -OCH3 is 5. The third-order valence-corrected chi connectivity index (χ3v) is 6.73. The summed E-state index contributed by atoms with van der Waals surface area (Å²) >= 11 is 0. The van der Waals surface area contributed by atoms with Crippen LogP contribution in [0.3, 0.4) is 0 Å². The number of ether oxygens (including phenoxy) is 5. The van der Waals surface area contributed by atoms with Gasteiger partial charge in [0.2, 0.25) is 0 Å². The number of benzene rings is 1. The van der Waals surface area contributed by atoms with Gasteiger partial charge in [0.25, 0.3) is 0 Å². The second-order valence-electron chi connectivity index (χ2n) is 7.90. The number of esters is 2. The first kappa shape index (κ1) is 22.0. The van der Waals surface area contributed by atoms with E-state index in [0.717, 1.165) is 24.0 Å². The molecule has 0 spiro atoms. The van der Waals surface area contributed by atoms with Crippen molar-refractivity contribution in [3.63, 3.8) is 0 Å². The summed E-state index contributed by atoms with van der Waals surface area (Å²) in [6.45, 7) is 4.27. The molecule has 2 saturated carbocycles. The molecule has 0 heterocycles. The summed E-state index contributed by atoms with van der Waals surface area (Å²) in [6.07, 6.45) is 2.63. The second-order valence-corrected chi connectivity index (χ2v) is 7.90. The Bertz CT molecular complexity index is 803. The molecule has 0 aliphatic heterocycles. The van der Waals surface area contributed by atoms with Crippen LogP contribution in [0.1, 0.15) is 37.2 Å². The SMILES string of the molecule is C=C1CC(C(=O)OC)(C(=O)OC)[C@H]2CCC[C@H](c3c(OC)cc(OC)cc3OC)[C@@H]12. The predicted molar refractivity (Wildman–Crippen MR) is 110 cm³/mol. The fourth-order valence-corrected chi connectivity index (χ4v) is 5.54. The molecule has 164 valence electrons. The normalized spacial score (nSPS) is 24.6. The van der Waals surface area contributed by atoms with Gasteiger partial charge in [-0.2, -0.15) is 0 Å². The van der Waals surface area contributed by atoms with Crippen LogP contribution in [0.4, 0.5) is 0 Å². The topological polar surface area (TPSA) is 80.3 Å². The van der Waals surface area contributed by atoms with Gasteiger partial charge < -0.3 is 23.7 Å². The van der Waals surface area contributed by atoms with Crippen molar-refractivity contribution in [1.82, 2.24) is 0 Å². The molecule has 1 aromatic rings. The molecule has 0 N–H and O–H groups in total. The smallest absolute Gasteiger partial charge is 0.323 e. The highest BCUT2D eigenvalue weighted by Gasteiger charge is 2.64. The Hall–Kier alpha value is -2.70. The van der Waals surface area contributed by atoms with Crippen LogP contribution < -0.4 is 14.2 Å². The molecule has 30 heavy (non-hydrogen) atoms. The van der Waals surface area contributed by atoms with Crippen molar-refractivity contribution in [2.45, 2.75) is 31.6 Å². The van der Waals surface area contributed by atoms with E-state index in [-0.39, 0.29) is 24.2 Å². The maximum atomic E-state index is 12.9. The molecule has 0 unspecified atom stereocenters. The van der Waals surface area contributed by atoms with E-state index in [4.69, 9.17) is 23.7 Å². The second kappa shape index (κ2) is 8.58. The predicted octanol–water partition coefficient (Wildman–Crippen LogP) is 3.50. The van der Waals surface area contributed by atoms with Crippen LogP contribution in [0, 0.1) is 17.3 Å². The zero-order chi connectivity index (χ0) is 22.1. The summed E-state index contributed by atoms with van der Waals surface area (Å²) in [4.78, 5) is 25.8. The van der Waals surface area contributed by atoms with Crippen molar-refractivity contribution in [1.29, 1.82) is 0 Å². The monoisotopic (exact) mass is 418 g/mol. The van der Waals surface area contributed by atoms with Gasteiger partial charge in [0.15, 0.2) is 5.41 Å². The summed E-state index contributed by atoms with van der Waals surface area (Å²) in [5, 5.41) is 0. The Kier molecular flexibility index (Phi) is 6.29. The van der Waals surface area contributed by atoms with Gasteiger partial charge in [-0.1, -0.05) is 18.6 Å². The fourth-order valence-electron chi connectivity index (χ4n) is 5.54. The van der Waals surface area contributed by atoms with Crippen LogP contribution in [0.25, 0.3) is 0 Å². The molecule has 0 aromatic heterocycles. The van der Waals surface area contributed by atoms with E-state index >= 15 is 0 Å². The first-order valence-corrected chi connectivity index (χ1v) is 10.0. The number of hydrogen-bond acceptors (Lipinski definition) is 7. The van der Waals surface area contributed by atoms with E-state index in [1.54, 1.807) is 21.3 Å². The van der Waals surface area contributed by atoms with Crippen molar-refractivity contribution in [2.24, 2.45) is 17.3 Å². The van der Waals surface area contributed by atoms with E-state index in [0.29, 0.717) is 23.7 Å². The van der Waals surface area contributed by atoms with Crippen molar-refractivity contribution >= 4 is 11.9 Å². The summed E-state index contributed by atoms with van der Waals surface area (Å²) in [6, 6.07) is 3.65. The molecule has 3 atom stereocenters. The summed E-state index contributed by atoms with van der Waals surface area (Å²) in [7, 11) is 7.41. The van der Waals surface area contributed by atoms with Gasteiger partial charge in [0.05, 0.1) is 35.5 Å². The lowest BCUT2D eigenvalue weighted by atomic mass is 9.64. The van der Waals surface area contributed by atoms with Crippen LogP contribution >= 0.6 is 0 Å². The Labute approximate surface area is 177 Å². The van der Waals surface area contributed by atoms with Gasteiger partial charge in [-0.25, -0.2) is 0 Å². The molecule has 0 saturated heterocycles. The highest BCUT2D eigenvalue weighted by Crippen LogP contribution is 2.62. The average Bonchev–Trinajstić information content (AvgIpc) is 3.10. The fraction of sp³-hybridized carbons (Fsp3) is 0.565. The number of rotatable bonds is 6. The maximum Gasteiger partial charge on any atom is 0.323 e. The van der Waals surface area contributed by atoms with Crippen LogP contribution in [-0.2, 0) is 19.1 Å². The van der Waals surface area contributed by atoms with Crippen molar-refractivity contribution in [3.05, 3.63) is 29.8 Å². The minimum absolute atomic E-state index is 0.0248. The van der Waals surface area contributed by atoms with Crippen molar-refractivity contribution in [2.75, 3.05) is 35.5 Å². The van der Waals surface area contributed by atoms with Crippen molar-refractivity contribution < 1.29 is 33.3 Å². The van der Waals surface area contributed by atoms with Crippen LogP contribution in [0.2, 0.25) is 0 Å². The third-order valence-electron chi connectivity index (χ3n) is 6.73. The molecule has 1 aromatic carbocycles. The van der Waals surface area contributed by atoms with E-state index in [9.17, 15) is 9.59 Å². The quantitative estimate of drug-likeness (QED) is 0.397. The lowest BCUT2D eigenvalue weighted by molar-refractivity contribution is -0.173. The highest BCUT2D eigenvalue weighted by molar-refractivity contribution is 6.01. The summed E-state index contributed by atoms with van der Waals surface area (Å²) in [5.41, 5.74) is 0.388. The van der Waals surface area contributed by atoms with Gasteiger partial charge in [-0.3, -0.25) is 9.59 Å². The standard InChI is InChI=1S/C23H30O7/c1-13-12-23(21(24)29-5,22(25)30-6)16-9-7-8-15(19(13)16)20-17(27-3)10-14(26-2)11-18(20)28-4/h10-11,15-16,19H,1,7-9,12H2,2-6H3/t15-,16-,19+/m0/s1. The van der Waals surface area contributed by atoms with Gasteiger partial charge in [0, 0.05) is 17.7 Å². The third kappa shape index (κ3) is 3.20. The number of allylic oxidation sites excluding steroid dienone is 1. The molecular weight excluding hydrogens is 388 g/mol. The Balaban J connectivity index is 2.14. The molecule has 2 fully saturated rings. The van der Waals surface area contributed by atoms with E-state index in [2.05, 4.69) is 6.58 Å². The lowest BCUT2D eigenvalue weighted by Gasteiger charge is -2.40. The van der Waals surface area contributed by atoms with Crippen molar-refractivity contribution in [3.8, 4) is 17.2 Å². The minimum Gasteiger partial charge on any atom is -0.496 e. The zero-order valence-corrected chi connectivity index (χ0v) is 18.3. The van der Waals surface area contributed by atoms with Crippen LogP contribution in [0.15, 0.2) is 24.3 Å². The molecule has 2 aliphatic rings. The van der Waals surface area contributed by atoms with Gasteiger partial charge in [-0.05, 0) is 37.0 Å². The Morgan fingerprint density at radius 3 is 1.97 bits per heavy atom. The largest absolute Gasteiger partial charge is 0.496 e. The van der Waals surface area contributed by atoms with Crippen LogP contribution in [0.5, 0.6) is 17.2 Å². The van der Waals surface area contributed by atoms with E-state index in [1.165, 1.54) is 14.2 Å². The zero-order valence-electron chi connectivity index (χ0n) is 18.3. The molecule has 0 amide bonds. The lowest BCUT2D eigenvalue weighted by Crippen LogP contribution is -2.46. The maximum absolute atomic E-state index is 12.9. The molecule has 0 radical (unpaired) electrons. The number of carbonyl (C=O) groups is 2. The number of hydrogen-bond donors (Lipinski definition) is 0. The Morgan fingerprint density at radius 1 is 0.933 bits per heavy atom.